The van der Waals surface area contributed by atoms with E-state index in [0.29, 0.717) is 10.2 Å². The summed E-state index contributed by atoms with van der Waals surface area (Å²) in [6.07, 6.45) is 1.72. The molecule has 0 radical (unpaired) electrons. The second-order valence-corrected chi connectivity index (χ2v) is 4.77. The maximum absolute atomic E-state index is 5.95. The zero-order valence-electron chi connectivity index (χ0n) is 7.55. The number of aromatic nitrogens is 1. The molecule has 0 aliphatic rings. The Morgan fingerprint density at radius 3 is 2.40 bits per heavy atom. The SMILES string of the molecule is Clc1cc(Br)cc(-c2ccc(Cl)nc2)c1. The Balaban J connectivity index is 2.49. The lowest BCUT2D eigenvalue weighted by molar-refractivity contribution is 1.33. The van der Waals surface area contributed by atoms with Crippen molar-refractivity contribution >= 4 is 39.1 Å². The van der Waals surface area contributed by atoms with E-state index in [-0.39, 0.29) is 0 Å². The molecule has 0 N–H and O–H groups in total. The van der Waals surface area contributed by atoms with Gasteiger partial charge < -0.3 is 0 Å². The summed E-state index contributed by atoms with van der Waals surface area (Å²) in [6, 6.07) is 9.38. The first kappa shape index (κ1) is 10.9. The van der Waals surface area contributed by atoms with Gasteiger partial charge in [-0.25, -0.2) is 4.98 Å². The maximum atomic E-state index is 5.95. The van der Waals surface area contributed by atoms with Gasteiger partial charge in [-0.1, -0.05) is 39.1 Å². The molecule has 2 rings (SSSR count). The van der Waals surface area contributed by atoms with Crippen molar-refractivity contribution in [2.75, 3.05) is 0 Å². The number of nitrogens with zero attached hydrogens (tertiary/aromatic N) is 1. The van der Waals surface area contributed by atoms with E-state index in [1.165, 1.54) is 0 Å². The minimum Gasteiger partial charge on any atom is -0.244 e. The minimum absolute atomic E-state index is 0.486. The summed E-state index contributed by atoms with van der Waals surface area (Å²) >= 11 is 15.1. The van der Waals surface area contributed by atoms with Gasteiger partial charge in [0.05, 0.1) is 0 Å². The molecule has 0 atom stereocenters. The predicted octanol–water partition coefficient (Wildman–Crippen LogP) is 4.82. The van der Waals surface area contributed by atoms with E-state index in [9.17, 15) is 0 Å². The van der Waals surface area contributed by atoms with E-state index >= 15 is 0 Å². The van der Waals surface area contributed by atoms with Crippen LogP contribution in [0.2, 0.25) is 10.2 Å². The molecule has 0 bridgehead atoms. The van der Waals surface area contributed by atoms with Crippen molar-refractivity contribution in [2.45, 2.75) is 0 Å². The number of pyridine rings is 1. The van der Waals surface area contributed by atoms with Crippen LogP contribution in [0.1, 0.15) is 0 Å². The van der Waals surface area contributed by atoms with Crippen molar-refractivity contribution in [1.82, 2.24) is 4.98 Å². The van der Waals surface area contributed by atoms with Crippen LogP contribution in [-0.2, 0) is 0 Å². The molecular formula is C11H6BrCl2N. The molecule has 1 aromatic heterocycles. The molecule has 0 fully saturated rings. The van der Waals surface area contributed by atoms with Crippen LogP contribution < -0.4 is 0 Å². The minimum atomic E-state index is 0.486. The highest BCUT2D eigenvalue weighted by atomic mass is 79.9. The maximum Gasteiger partial charge on any atom is 0.129 e. The molecule has 0 unspecified atom stereocenters. The van der Waals surface area contributed by atoms with Crippen LogP contribution >= 0.6 is 39.1 Å². The van der Waals surface area contributed by atoms with Crippen molar-refractivity contribution in [1.29, 1.82) is 0 Å². The van der Waals surface area contributed by atoms with Gasteiger partial charge in [-0.15, -0.1) is 0 Å². The van der Waals surface area contributed by atoms with Gasteiger partial charge in [0.25, 0.3) is 0 Å². The van der Waals surface area contributed by atoms with Gasteiger partial charge in [0.2, 0.25) is 0 Å². The molecule has 0 aliphatic carbocycles. The summed E-state index contributed by atoms with van der Waals surface area (Å²) in [5.74, 6) is 0. The summed E-state index contributed by atoms with van der Waals surface area (Å²) < 4.78 is 0.944. The number of hydrogen-bond acceptors (Lipinski definition) is 1. The van der Waals surface area contributed by atoms with E-state index < -0.39 is 0 Å². The lowest BCUT2D eigenvalue weighted by Crippen LogP contribution is -1.81. The Labute approximate surface area is 106 Å². The molecule has 2 aromatic rings. The van der Waals surface area contributed by atoms with Crippen molar-refractivity contribution in [3.8, 4) is 11.1 Å². The Kier molecular flexibility index (Phi) is 3.29. The Morgan fingerprint density at radius 1 is 1.00 bits per heavy atom. The van der Waals surface area contributed by atoms with Crippen molar-refractivity contribution in [2.24, 2.45) is 0 Å². The first-order chi connectivity index (χ1) is 7.15. The molecule has 0 amide bonds. The molecule has 4 heteroatoms. The molecule has 15 heavy (non-hydrogen) atoms. The fourth-order valence-corrected chi connectivity index (χ4v) is 2.24. The third-order valence-electron chi connectivity index (χ3n) is 1.92. The van der Waals surface area contributed by atoms with Gasteiger partial charge in [-0.2, -0.15) is 0 Å². The quantitative estimate of drug-likeness (QED) is 0.688. The molecule has 1 nitrogen and oxygen atoms in total. The Morgan fingerprint density at radius 2 is 1.80 bits per heavy atom. The highest BCUT2D eigenvalue weighted by Gasteiger charge is 2.01. The number of benzene rings is 1. The normalized spacial score (nSPS) is 10.3. The topological polar surface area (TPSA) is 12.9 Å². The third-order valence-corrected chi connectivity index (χ3v) is 2.82. The predicted molar refractivity (Wildman–Crippen MR) is 67.4 cm³/mol. The van der Waals surface area contributed by atoms with Gasteiger partial charge in [0.15, 0.2) is 0 Å². The van der Waals surface area contributed by atoms with Crippen LogP contribution in [0.4, 0.5) is 0 Å². The molecule has 1 heterocycles. The summed E-state index contributed by atoms with van der Waals surface area (Å²) in [6.45, 7) is 0. The second kappa shape index (κ2) is 4.52. The van der Waals surface area contributed by atoms with Gasteiger partial charge in [0, 0.05) is 21.3 Å². The smallest absolute Gasteiger partial charge is 0.129 e. The molecule has 0 aliphatic heterocycles. The van der Waals surface area contributed by atoms with E-state index in [4.69, 9.17) is 23.2 Å². The summed E-state index contributed by atoms with van der Waals surface area (Å²) in [4.78, 5) is 4.02. The van der Waals surface area contributed by atoms with Crippen molar-refractivity contribution in [3.05, 3.63) is 51.2 Å². The molecule has 0 saturated heterocycles. The largest absolute Gasteiger partial charge is 0.244 e. The van der Waals surface area contributed by atoms with Crippen LogP contribution in [0.3, 0.4) is 0 Å². The van der Waals surface area contributed by atoms with E-state index in [0.717, 1.165) is 15.6 Å². The van der Waals surface area contributed by atoms with Gasteiger partial charge >= 0.3 is 0 Å². The van der Waals surface area contributed by atoms with Gasteiger partial charge in [-0.3, -0.25) is 0 Å². The molecule has 1 aromatic carbocycles. The number of halogens is 3. The van der Waals surface area contributed by atoms with Crippen molar-refractivity contribution < 1.29 is 0 Å². The Hall–Kier alpha value is -0.570. The average molecular weight is 303 g/mol. The van der Waals surface area contributed by atoms with Crippen LogP contribution in [0, 0.1) is 0 Å². The van der Waals surface area contributed by atoms with E-state index in [1.54, 1.807) is 12.3 Å². The molecular weight excluding hydrogens is 297 g/mol. The molecule has 0 saturated carbocycles. The lowest BCUT2D eigenvalue weighted by Gasteiger charge is -2.03. The average Bonchev–Trinajstić information content (AvgIpc) is 2.17. The Bertz CT molecular complexity index is 462. The van der Waals surface area contributed by atoms with E-state index in [1.807, 2.05) is 24.3 Å². The van der Waals surface area contributed by atoms with Crippen molar-refractivity contribution in [3.63, 3.8) is 0 Å². The zero-order chi connectivity index (χ0) is 10.8. The first-order valence-electron chi connectivity index (χ1n) is 4.23. The van der Waals surface area contributed by atoms with Crippen LogP contribution in [-0.4, -0.2) is 4.98 Å². The van der Waals surface area contributed by atoms with Gasteiger partial charge in [0.1, 0.15) is 5.15 Å². The fraction of sp³-hybridized carbons (Fsp3) is 0. The number of rotatable bonds is 1. The third kappa shape index (κ3) is 2.71. The standard InChI is InChI=1S/C11H6BrCl2N/c12-9-3-8(4-10(13)5-9)7-1-2-11(14)15-6-7/h1-6H. The number of hydrogen-bond donors (Lipinski definition) is 0. The monoisotopic (exact) mass is 301 g/mol. The highest BCUT2D eigenvalue weighted by Crippen LogP contribution is 2.27. The molecule has 76 valence electrons. The van der Waals surface area contributed by atoms with E-state index in [2.05, 4.69) is 20.9 Å². The lowest BCUT2D eigenvalue weighted by atomic mass is 10.1. The van der Waals surface area contributed by atoms with Crippen LogP contribution in [0.15, 0.2) is 41.0 Å². The summed E-state index contributed by atoms with van der Waals surface area (Å²) in [5.41, 5.74) is 2.00. The van der Waals surface area contributed by atoms with Crippen LogP contribution in [0.5, 0.6) is 0 Å². The zero-order valence-corrected chi connectivity index (χ0v) is 10.6. The summed E-state index contributed by atoms with van der Waals surface area (Å²) in [7, 11) is 0. The highest BCUT2D eigenvalue weighted by molar-refractivity contribution is 9.10. The first-order valence-corrected chi connectivity index (χ1v) is 5.78. The second-order valence-electron chi connectivity index (χ2n) is 3.03. The van der Waals surface area contributed by atoms with Crippen LogP contribution in [0.25, 0.3) is 11.1 Å². The fourth-order valence-electron chi connectivity index (χ4n) is 1.27. The molecule has 0 spiro atoms. The van der Waals surface area contributed by atoms with Gasteiger partial charge in [-0.05, 0) is 35.9 Å². The summed E-state index contributed by atoms with van der Waals surface area (Å²) in [5, 5.41) is 1.18.